The number of benzene rings is 2. The lowest BCUT2D eigenvalue weighted by Gasteiger charge is -2.14. The first-order valence-electron chi connectivity index (χ1n) is 5.58. The number of aromatic hydroxyl groups is 2. The fourth-order valence-corrected chi connectivity index (χ4v) is 2.36. The van der Waals surface area contributed by atoms with Crippen LogP contribution in [0.2, 0.25) is 0 Å². The second-order valence-corrected chi connectivity index (χ2v) is 4.72. The van der Waals surface area contributed by atoms with Crippen molar-refractivity contribution in [3.05, 3.63) is 46.4 Å². The number of phenolic OH excluding ortho intramolecular Hbond substituents is 2. The normalized spacial score (nSPS) is 10.2. The van der Waals surface area contributed by atoms with Gasteiger partial charge in [0, 0.05) is 18.7 Å². The van der Waals surface area contributed by atoms with Gasteiger partial charge in [-0.25, -0.2) is 0 Å². The van der Waals surface area contributed by atoms with Crippen molar-refractivity contribution < 1.29 is 15.0 Å². The quantitative estimate of drug-likeness (QED) is 0.796. The highest BCUT2D eigenvalue weighted by Gasteiger charge is 2.22. The molecule has 0 bridgehead atoms. The molecule has 0 heterocycles. The van der Waals surface area contributed by atoms with Crippen LogP contribution in [-0.2, 0) is 0 Å². The molecule has 0 aromatic heterocycles. The van der Waals surface area contributed by atoms with E-state index in [1.807, 2.05) is 18.2 Å². The largest absolute Gasteiger partial charge is 0.507 e. The van der Waals surface area contributed by atoms with Crippen molar-refractivity contribution in [1.82, 2.24) is 5.32 Å². The number of hydrogen-bond donors (Lipinski definition) is 3. The number of carbonyl (C=O) groups is 1. The van der Waals surface area contributed by atoms with Crippen LogP contribution >= 0.6 is 15.9 Å². The lowest BCUT2D eigenvalue weighted by Crippen LogP contribution is -2.19. The fourth-order valence-electron chi connectivity index (χ4n) is 1.87. The van der Waals surface area contributed by atoms with Crippen LogP contribution in [0.4, 0.5) is 0 Å². The summed E-state index contributed by atoms with van der Waals surface area (Å²) in [5, 5.41) is 22.2. The van der Waals surface area contributed by atoms with E-state index in [-0.39, 0.29) is 21.5 Å². The van der Waals surface area contributed by atoms with Crippen molar-refractivity contribution in [3.8, 4) is 22.6 Å². The molecular formula is C14H12BrNO3. The molecule has 0 spiro atoms. The number of carbonyl (C=O) groups excluding carboxylic acids is 1. The van der Waals surface area contributed by atoms with Gasteiger partial charge in [-0.05, 0) is 21.5 Å². The van der Waals surface area contributed by atoms with E-state index in [0.717, 1.165) is 0 Å². The Morgan fingerprint density at radius 2 is 1.79 bits per heavy atom. The summed E-state index contributed by atoms with van der Waals surface area (Å²) in [6, 6.07) is 10.2. The molecule has 1 amide bonds. The Hall–Kier alpha value is -2.01. The molecule has 0 aliphatic heterocycles. The van der Waals surface area contributed by atoms with Gasteiger partial charge in [0.05, 0.1) is 10.0 Å². The predicted octanol–water partition coefficient (Wildman–Crippen LogP) is 2.89. The van der Waals surface area contributed by atoms with Gasteiger partial charge in [0.2, 0.25) is 0 Å². The van der Waals surface area contributed by atoms with Gasteiger partial charge in [-0.1, -0.05) is 30.3 Å². The highest BCUT2D eigenvalue weighted by atomic mass is 79.9. The topological polar surface area (TPSA) is 69.6 Å². The summed E-state index contributed by atoms with van der Waals surface area (Å²) >= 11 is 3.18. The molecule has 98 valence electrons. The van der Waals surface area contributed by atoms with Crippen LogP contribution < -0.4 is 5.32 Å². The SMILES string of the molecule is CNC(=O)c1c(Br)c(O)cc(O)c1-c1ccccc1. The first kappa shape index (κ1) is 13.4. The smallest absolute Gasteiger partial charge is 0.253 e. The summed E-state index contributed by atoms with van der Waals surface area (Å²) in [5.41, 5.74) is 1.27. The molecule has 0 unspecified atom stereocenters. The van der Waals surface area contributed by atoms with E-state index in [2.05, 4.69) is 21.2 Å². The maximum absolute atomic E-state index is 12.0. The van der Waals surface area contributed by atoms with Crippen LogP contribution in [0.5, 0.6) is 11.5 Å². The van der Waals surface area contributed by atoms with Gasteiger partial charge in [0.1, 0.15) is 11.5 Å². The van der Waals surface area contributed by atoms with E-state index >= 15 is 0 Å². The molecule has 5 heteroatoms. The van der Waals surface area contributed by atoms with Gasteiger partial charge in [0.25, 0.3) is 5.91 Å². The summed E-state index contributed by atoms with van der Waals surface area (Å²) in [4.78, 5) is 12.0. The number of nitrogens with one attached hydrogen (secondary N) is 1. The van der Waals surface area contributed by atoms with Crippen molar-refractivity contribution in [2.45, 2.75) is 0 Å². The monoisotopic (exact) mass is 321 g/mol. The van der Waals surface area contributed by atoms with Gasteiger partial charge >= 0.3 is 0 Å². The summed E-state index contributed by atoms with van der Waals surface area (Å²) in [5.74, 6) is -0.724. The van der Waals surface area contributed by atoms with Crippen LogP contribution in [0.1, 0.15) is 10.4 Å². The van der Waals surface area contributed by atoms with Crippen LogP contribution in [0.15, 0.2) is 40.9 Å². The molecule has 2 rings (SSSR count). The molecule has 0 radical (unpaired) electrons. The molecule has 0 fully saturated rings. The molecule has 2 aromatic rings. The molecule has 0 saturated carbocycles. The van der Waals surface area contributed by atoms with E-state index in [9.17, 15) is 15.0 Å². The Morgan fingerprint density at radius 1 is 1.16 bits per heavy atom. The molecule has 0 aliphatic carbocycles. The first-order valence-corrected chi connectivity index (χ1v) is 6.37. The van der Waals surface area contributed by atoms with Crippen LogP contribution in [0.25, 0.3) is 11.1 Å². The zero-order valence-corrected chi connectivity index (χ0v) is 11.7. The Kier molecular flexibility index (Phi) is 3.76. The summed E-state index contributed by atoms with van der Waals surface area (Å²) in [6.07, 6.45) is 0. The zero-order chi connectivity index (χ0) is 14.0. The first-order chi connectivity index (χ1) is 9.06. The maximum Gasteiger partial charge on any atom is 0.253 e. The Morgan fingerprint density at radius 3 is 2.37 bits per heavy atom. The average molecular weight is 322 g/mol. The predicted molar refractivity (Wildman–Crippen MR) is 76.3 cm³/mol. The van der Waals surface area contributed by atoms with Crippen LogP contribution in [0.3, 0.4) is 0 Å². The third-order valence-corrected chi connectivity index (χ3v) is 3.54. The second-order valence-electron chi connectivity index (χ2n) is 3.92. The van der Waals surface area contributed by atoms with Crippen LogP contribution in [-0.4, -0.2) is 23.2 Å². The van der Waals surface area contributed by atoms with Crippen molar-refractivity contribution in [1.29, 1.82) is 0 Å². The van der Waals surface area contributed by atoms with Gasteiger partial charge < -0.3 is 15.5 Å². The van der Waals surface area contributed by atoms with Crippen LogP contribution in [0, 0.1) is 0 Å². The number of halogens is 1. The fraction of sp³-hybridized carbons (Fsp3) is 0.0714. The van der Waals surface area contributed by atoms with Gasteiger partial charge in [-0.3, -0.25) is 4.79 Å². The van der Waals surface area contributed by atoms with E-state index in [1.165, 1.54) is 13.1 Å². The molecule has 0 aliphatic rings. The third-order valence-electron chi connectivity index (χ3n) is 2.74. The van der Waals surface area contributed by atoms with Gasteiger partial charge in [-0.15, -0.1) is 0 Å². The zero-order valence-electron chi connectivity index (χ0n) is 10.1. The molecule has 19 heavy (non-hydrogen) atoms. The maximum atomic E-state index is 12.0. The minimum Gasteiger partial charge on any atom is -0.507 e. The molecule has 2 aromatic carbocycles. The minimum absolute atomic E-state index is 0.148. The Bertz CT molecular complexity index is 626. The number of phenols is 2. The van der Waals surface area contributed by atoms with Crippen molar-refractivity contribution in [2.24, 2.45) is 0 Å². The van der Waals surface area contributed by atoms with E-state index in [0.29, 0.717) is 11.1 Å². The lowest BCUT2D eigenvalue weighted by atomic mass is 9.97. The number of rotatable bonds is 2. The average Bonchev–Trinajstić information content (AvgIpc) is 2.42. The van der Waals surface area contributed by atoms with E-state index in [1.54, 1.807) is 12.1 Å². The van der Waals surface area contributed by atoms with E-state index in [4.69, 9.17) is 0 Å². The second kappa shape index (κ2) is 5.32. The standard InChI is InChI=1S/C14H12BrNO3/c1-16-14(19)12-11(8-5-3-2-4-6-8)9(17)7-10(18)13(12)15/h2-7,17-18H,1H3,(H,16,19). The van der Waals surface area contributed by atoms with Crippen molar-refractivity contribution in [3.63, 3.8) is 0 Å². The highest BCUT2D eigenvalue weighted by molar-refractivity contribution is 9.10. The van der Waals surface area contributed by atoms with E-state index < -0.39 is 5.91 Å². The minimum atomic E-state index is -0.392. The summed E-state index contributed by atoms with van der Waals surface area (Å²) < 4.78 is 0.253. The highest BCUT2D eigenvalue weighted by Crippen LogP contribution is 2.41. The van der Waals surface area contributed by atoms with Gasteiger partial charge in [0.15, 0.2) is 0 Å². The molecule has 4 nitrogen and oxygen atoms in total. The third kappa shape index (κ3) is 2.42. The summed E-state index contributed by atoms with van der Waals surface area (Å²) in [7, 11) is 1.49. The summed E-state index contributed by atoms with van der Waals surface area (Å²) in [6.45, 7) is 0. The lowest BCUT2D eigenvalue weighted by molar-refractivity contribution is 0.0962. The molecule has 0 atom stereocenters. The Balaban J connectivity index is 2.79. The molecule has 0 saturated heterocycles. The number of amides is 1. The van der Waals surface area contributed by atoms with Gasteiger partial charge in [-0.2, -0.15) is 0 Å². The van der Waals surface area contributed by atoms with Crippen molar-refractivity contribution >= 4 is 21.8 Å². The number of hydrogen-bond acceptors (Lipinski definition) is 3. The van der Waals surface area contributed by atoms with Crippen molar-refractivity contribution in [2.75, 3.05) is 7.05 Å². The Labute approximate surface area is 118 Å². The molecular weight excluding hydrogens is 310 g/mol. The molecule has 3 N–H and O–H groups in total.